The van der Waals surface area contributed by atoms with Crippen molar-refractivity contribution in [1.29, 1.82) is 0 Å². The minimum atomic E-state index is 0.0982. The number of hydrogen-bond donors (Lipinski definition) is 0. The molecule has 0 spiro atoms. The molecular weight excluding hydrogens is 340 g/mol. The van der Waals surface area contributed by atoms with E-state index in [-0.39, 0.29) is 5.91 Å². The maximum atomic E-state index is 12.0. The van der Waals surface area contributed by atoms with Crippen LogP contribution in [0.25, 0.3) is 0 Å². The third-order valence-electron chi connectivity index (χ3n) is 3.59. The Balaban J connectivity index is 1.90. The summed E-state index contributed by atoms with van der Waals surface area (Å²) in [5.41, 5.74) is 0.872. The maximum absolute atomic E-state index is 12.0. The Morgan fingerprint density at radius 2 is 1.92 bits per heavy atom. The van der Waals surface area contributed by atoms with Crippen molar-refractivity contribution in [1.82, 2.24) is 9.88 Å². The molecular formula is C18H24N2O4S. The van der Waals surface area contributed by atoms with E-state index in [1.165, 1.54) is 11.3 Å². The van der Waals surface area contributed by atoms with E-state index in [1.807, 2.05) is 36.6 Å². The minimum absolute atomic E-state index is 0.0982. The van der Waals surface area contributed by atoms with E-state index < -0.39 is 0 Å². The highest BCUT2D eigenvalue weighted by atomic mass is 32.1. The topological polar surface area (TPSA) is 60.9 Å². The van der Waals surface area contributed by atoms with Gasteiger partial charge < -0.3 is 19.1 Å². The molecule has 0 fully saturated rings. The van der Waals surface area contributed by atoms with Crippen LogP contribution in [0.15, 0.2) is 29.6 Å². The average Bonchev–Trinajstić information content (AvgIpc) is 3.10. The summed E-state index contributed by atoms with van der Waals surface area (Å²) in [6.07, 6.45) is 0.474. The highest BCUT2D eigenvalue weighted by molar-refractivity contribution is 7.09. The van der Waals surface area contributed by atoms with Crippen LogP contribution >= 0.6 is 11.3 Å². The molecule has 6 nitrogen and oxygen atoms in total. The maximum Gasteiger partial charge on any atom is 0.222 e. The van der Waals surface area contributed by atoms with Crippen molar-refractivity contribution in [2.75, 3.05) is 27.4 Å². The van der Waals surface area contributed by atoms with Crippen molar-refractivity contribution in [3.63, 3.8) is 0 Å². The molecule has 1 aromatic heterocycles. The molecule has 0 atom stereocenters. The summed E-state index contributed by atoms with van der Waals surface area (Å²) in [6.45, 7) is 3.84. The van der Waals surface area contributed by atoms with Crippen LogP contribution in [-0.2, 0) is 22.7 Å². The molecule has 25 heavy (non-hydrogen) atoms. The fraction of sp³-hybridized carbons (Fsp3) is 0.444. The first-order valence-electron chi connectivity index (χ1n) is 8.13. The molecule has 2 aromatic rings. The Morgan fingerprint density at radius 1 is 1.20 bits per heavy atom. The van der Waals surface area contributed by atoms with E-state index in [9.17, 15) is 4.79 Å². The molecule has 7 heteroatoms. The SMILES string of the molecule is CCC(=O)N(CCOC)Cc1csc(COc2ccc(OC)cc2)n1. The predicted octanol–water partition coefficient (Wildman–Crippen LogP) is 3.12. The van der Waals surface area contributed by atoms with Crippen LogP contribution in [0.5, 0.6) is 11.5 Å². The third-order valence-corrected chi connectivity index (χ3v) is 4.47. The highest BCUT2D eigenvalue weighted by Gasteiger charge is 2.14. The van der Waals surface area contributed by atoms with E-state index >= 15 is 0 Å². The van der Waals surface area contributed by atoms with Gasteiger partial charge in [0.2, 0.25) is 5.91 Å². The monoisotopic (exact) mass is 364 g/mol. The second-order valence-electron chi connectivity index (χ2n) is 5.36. The quantitative estimate of drug-likeness (QED) is 0.648. The van der Waals surface area contributed by atoms with E-state index in [0.717, 1.165) is 22.2 Å². The average molecular weight is 364 g/mol. The number of aromatic nitrogens is 1. The Morgan fingerprint density at radius 3 is 2.56 bits per heavy atom. The van der Waals surface area contributed by atoms with Gasteiger partial charge in [-0.25, -0.2) is 4.98 Å². The summed E-state index contributed by atoms with van der Waals surface area (Å²) in [5, 5.41) is 2.84. The number of carbonyl (C=O) groups is 1. The number of amides is 1. The van der Waals surface area contributed by atoms with Crippen LogP contribution in [0.3, 0.4) is 0 Å². The van der Waals surface area contributed by atoms with Crippen molar-refractivity contribution in [2.24, 2.45) is 0 Å². The molecule has 2 rings (SSSR count). The lowest BCUT2D eigenvalue weighted by Crippen LogP contribution is -2.33. The number of rotatable bonds is 10. The van der Waals surface area contributed by atoms with Gasteiger partial charge in [0.15, 0.2) is 0 Å². The van der Waals surface area contributed by atoms with E-state index in [1.54, 1.807) is 19.1 Å². The van der Waals surface area contributed by atoms with E-state index in [0.29, 0.717) is 32.7 Å². The summed E-state index contributed by atoms with van der Waals surface area (Å²) >= 11 is 1.53. The largest absolute Gasteiger partial charge is 0.497 e. The van der Waals surface area contributed by atoms with Gasteiger partial charge in [0.25, 0.3) is 0 Å². The number of methoxy groups -OCH3 is 2. The lowest BCUT2D eigenvalue weighted by atomic mass is 10.3. The molecule has 0 radical (unpaired) electrons. The Bertz CT molecular complexity index is 657. The molecule has 0 aliphatic rings. The van der Waals surface area contributed by atoms with E-state index in [4.69, 9.17) is 14.2 Å². The molecule has 0 aliphatic heterocycles. The van der Waals surface area contributed by atoms with Gasteiger partial charge >= 0.3 is 0 Å². The first-order chi connectivity index (χ1) is 12.2. The molecule has 0 unspecified atom stereocenters. The van der Waals surface area contributed by atoms with Crippen LogP contribution in [0.2, 0.25) is 0 Å². The Labute approximate surface area is 152 Å². The van der Waals surface area contributed by atoms with Crippen LogP contribution in [0.4, 0.5) is 0 Å². The van der Waals surface area contributed by atoms with Crippen LogP contribution in [0, 0.1) is 0 Å². The lowest BCUT2D eigenvalue weighted by Gasteiger charge is -2.20. The van der Waals surface area contributed by atoms with Gasteiger partial charge in [-0.2, -0.15) is 0 Å². The molecule has 0 aliphatic carbocycles. The molecule has 0 saturated heterocycles. The fourth-order valence-electron chi connectivity index (χ4n) is 2.22. The van der Waals surface area contributed by atoms with Crippen molar-refractivity contribution in [2.45, 2.75) is 26.5 Å². The number of hydrogen-bond acceptors (Lipinski definition) is 6. The molecule has 0 bridgehead atoms. The first kappa shape index (κ1) is 19.2. The van der Waals surface area contributed by atoms with Gasteiger partial charge in [0, 0.05) is 25.5 Å². The van der Waals surface area contributed by atoms with Gasteiger partial charge in [-0.05, 0) is 24.3 Å². The smallest absolute Gasteiger partial charge is 0.222 e. The van der Waals surface area contributed by atoms with Crippen LogP contribution < -0.4 is 9.47 Å². The summed E-state index contributed by atoms with van der Waals surface area (Å²) in [4.78, 5) is 18.3. The van der Waals surface area contributed by atoms with Crippen molar-refractivity contribution in [3.05, 3.63) is 40.3 Å². The second-order valence-corrected chi connectivity index (χ2v) is 6.30. The van der Waals surface area contributed by atoms with Gasteiger partial charge in [0.1, 0.15) is 23.1 Å². The number of thiazole rings is 1. The normalized spacial score (nSPS) is 10.5. The summed E-state index contributed by atoms with van der Waals surface area (Å²) in [5.74, 6) is 1.65. The third kappa shape index (κ3) is 6.03. The lowest BCUT2D eigenvalue weighted by molar-refractivity contribution is -0.132. The summed E-state index contributed by atoms with van der Waals surface area (Å²) in [7, 11) is 3.26. The second kappa shape index (κ2) is 10.0. The van der Waals surface area contributed by atoms with Crippen LogP contribution in [0.1, 0.15) is 24.0 Å². The molecule has 1 heterocycles. The van der Waals surface area contributed by atoms with Gasteiger partial charge in [-0.3, -0.25) is 4.79 Å². The van der Waals surface area contributed by atoms with Crippen molar-refractivity contribution >= 4 is 17.2 Å². The summed E-state index contributed by atoms with van der Waals surface area (Å²) < 4.78 is 15.9. The minimum Gasteiger partial charge on any atom is -0.497 e. The number of ether oxygens (including phenoxy) is 3. The zero-order valence-corrected chi connectivity index (χ0v) is 15.7. The van der Waals surface area contributed by atoms with Gasteiger partial charge in [-0.1, -0.05) is 6.92 Å². The molecule has 0 N–H and O–H groups in total. The van der Waals surface area contributed by atoms with E-state index in [2.05, 4.69) is 4.98 Å². The zero-order valence-electron chi connectivity index (χ0n) is 14.9. The number of carbonyl (C=O) groups excluding carboxylic acids is 1. The predicted molar refractivity (Wildman–Crippen MR) is 97.0 cm³/mol. The number of benzene rings is 1. The summed E-state index contributed by atoms with van der Waals surface area (Å²) in [6, 6.07) is 7.43. The highest BCUT2D eigenvalue weighted by Crippen LogP contribution is 2.19. The van der Waals surface area contributed by atoms with Crippen LogP contribution in [-0.4, -0.2) is 43.2 Å². The molecule has 136 valence electrons. The van der Waals surface area contributed by atoms with Gasteiger partial charge in [0.05, 0.1) is 26.0 Å². The Hall–Kier alpha value is -2.12. The number of nitrogens with zero attached hydrogens (tertiary/aromatic N) is 2. The first-order valence-corrected chi connectivity index (χ1v) is 9.01. The molecule has 1 amide bonds. The van der Waals surface area contributed by atoms with Gasteiger partial charge in [-0.15, -0.1) is 11.3 Å². The Kier molecular flexibility index (Phi) is 7.69. The molecule has 0 saturated carbocycles. The standard InChI is InChI=1S/C18H24N2O4S/c1-4-18(21)20(9-10-22-2)11-14-13-25-17(19-14)12-24-16-7-5-15(23-3)6-8-16/h5-8,13H,4,9-12H2,1-3H3. The fourth-order valence-corrected chi connectivity index (χ4v) is 2.91. The zero-order chi connectivity index (χ0) is 18.1. The molecule has 1 aromatic carbocycles. The van der Waals surface area contributed by atoms with Crippen molar-refractivity contribution in [3.8, 4) is 11.5 Å². The van der Waals surface area contributed by atoms with Crippen molar-refractivity contribution < 1.29 is 19.0 Å².